The van der Waals surface area contributed by atoms with Crippen LogP contribution in [0.3, 0.4) is 0 Å². The van der Waals surface area contributed by atoms with Crippen LogP contribution in [0.25, 0.3) is 0 Å². The Balaban J connectivity index is 2.76. The molecule has 0 aromatic rings. The number of carbonyl (C=O) groups excluding carboxylic acids is 1. The highest BCUT2D eigenvalue weighted by Crippen LogP contribution is 1.96. The number of rotatable bonds is 1. The Morgan fingerprint density at radius 1 is 1.90 bits per heavy atom. The Bertz CT molecular complexity index is 209. The molecule has 5 heteroatoms. The maximum atomic E-state index is 10.4. The van der Waals surface area contributed by atoms with Gasteiger partial charge in [0.05, 0.1) is 0 Å². The molecule has 1 rings (SSSR count). The summed E-state index contributed by atoms with van der Waals surface area (Å²) in [5.74, 6) is -0.684. The summed E-state index contributed by atoms with van der Waals surface area (Å²) in [7, 11) is 0. The fraction of sp³-hybridized carbons (Fsp3) is 0.200. The van der Waals surface area contributed by atoms with Gasteiger partial charge in [0.1, 0.15) is 5.71 Å². The van der Waals surface area contributed by atoms with Crippen LogP contribution in [0.1, 0.15) is 0 Å². The molecule has 5 nitrogen and oxygen atoms in total. The molecule has 0 radical (unpaired) electrons. The lowest BCUT2D eigenvalue weighted by molar-refractivity contribution is -0.112. The second-order valence-electron chi connectivity index (χ2n) is 1.79. The first-order chi connectivity index (χ1) is 4.70. The molecule has 0 aromatic heterocycles. The highest BCUT2D eigenvalue weighted by atomic mass is 16.5. The smallest absolute Gasteiger partial charge is 0.269 e. The summed E-state index contributed by atoms with van der Waals surface area (Å²) >= 11 is 0. The molecule has 1 aliphatic rings. The van der Waals surface area contributed by atoms with Crippen molar-refractivity contribution >= 4 is 11.6 Å². The molecule has 0 fully saturated rings. The van der Waals surface area contributed by atoms with E-state index < -0.39 is 5.91 Å². The van der Waals surface area contributed by atoms with Gasteiger partial charge in [0, 0.05) is 6.54 Å². The second kappa shape index (κ2) is 2.49. The molecule has 0 aromatic carbocycles. The summed E-state index contributed by atoms with van der Waals surface area (Å²) < 4.78 is 0. The highest BCUT2D eigenvalue weighted by molar-refractivity contribution is 6.42. The maximum absolute atomic E-state index is 10.4. The van der Waals surface area contributed by atoms with Crippen LogP contribution in [-0.2, 0) is 4.79 Å². The van der Waals surface area contributed by atoms with Gasteiger partial charge < -0.3 is 16.1 Å². The highest BCUT2D eigenvalue weighted by Gasteiger charge is 2.04. The number of carbonyl (C=O) groups is 1. The third kappa shape index (κ3) is 1.32. The molecule has 0 saturated heterocycles. The number of amides is 1. The van der Waals surface area contributed by atoms with E-state index in [0.29, 0.717) is 5.17 Å². The van der Waals surface area contributed by atoms with Crippen molar-refractivity contribution in [3.8, 4) is 0 Å². The van der Waals surface area contributed by atoms with Gasteiger partial charge in [-0.3, -0.25) is 4.79 Å². The minimum atomic E-state index is -0.684. The molecular weight excluding hydrogens is 134 g/mol. The maximum Gasteiger partial charge on any atom is 0.269 e. The Kier molecular flexibility index (Phi) is 1.68. The van der Waals surface area contributed by atoms with Gasteiger partial charge in [-0.1, -0.05) is 6.08 Å². The molecule has 10 heavy (non-hydrogen) atoms. The van der Waals surface area contributed by atoms with Gasteiger partial charge in [-0.15, -0.1) is 0 Å². The first-order valence-corrected chi connectivity index (χ1v) is 2.70. The summed E-state index contributed by atoms with van der Waals surface area (Å²) in [6.07, 6.45) is 2.96. The van der Waals surface area contributed by atoms with Gasteiger partial charge in [0.15, 0.2) is 0 Å². The van der Waals surface area contributed by atoms with Crippen LogP contribution in [0.15, 0.2) is 17.3 Å². The summed E-state index contributed by atoms with van der Waals surface area (Å²) in [6.45, 7) is 0.177. The van der Waals surface area contributed by atoms with Crippen molar-refractivity contribution < 1.29 is 4.79 Å². The SMILES string of the molecule is NC(=O)C1=NN([O-])CC=C1. The summed E-state index contributed by atoms with van der Waals surface area (Å²) in [5, 5.41) is 14.2. The molecular formula is C5H6N3O2-. The van der Waals surface area contributed by atoms with E-state index in [-0.39, 0.29) is 12.3 Å². The Morgan fingerprint density at radius 3 is 3.00 bits per heavy atom. The van der Waals surface area contributed by atoms with E-state index >= 15 is 0 Å². The average molecular weight is 140 g/mol. The zero-order valence-corrected chi connectivity index (χ0v) is 5.15. The first kappa shape index (κ1) is 6.76. The lowest BCUT2D eigenvalue weighted by atomic mass is 10.3. The van der Waals surface area contributed by atoms with Crippen LogP contribution in [0.5, 0.6) is 0 Å². The van der Waals surface area contributed by atoms with E-state index in [1.54, 1.807) is 0 Å². The van der Waals surface area contributed by atoms with Crippen molar-refractivity contribution in [3.63, 3.8) is 0 Å². The van der Waals surface area contributed by atoms with Gasteiger partial charge in [-0.05, 0) is 6.08 Å². The van der Waals surface area contributed by atoms with Crippen molar-refractivity contribution in [2.75, 3.05) is 6.54 Å². The standard InChI is InChI=1S/C5H6N3O2/c6-5(9)4-2-1-3-8(10)7-4/h1-2H,3H2,(H2,6,9)/q-1. The van der Waals surface area contributed by atoms with E-state index in [4.69, 9.17) is 5.73 Å². The summed E-state index contributed by atoms with van der Waals surface area (Å²) in [5.41, 5.74) is 4.84. The fourth-order valence-electron chi connectivity index (χ4n) is 0.580. The number of nitrogens with zero attached hydrogens (tertiary/aromatic N) is 2. The van der Waals surface area contributed by atoms with Crippen LogP contribution >= 0.6 is 0 Å². The monoisotopic (exact) mass is 140 g/mol. The number of hydrogen-bond donors (Lipinski definition) is 1. The minimum Gasteiger partial charge on any atom is -0.742 e. The molecule has 54 valence electrons. The molecule has 0 unspecified atom stereocenters. The molecule has 0 spiro atoms. The first-order valence-electron chi connectivity index (χ1n) is 2.70. The zero-order chi connectivity index (χ0) is 7.56. The summed E-state index contributed by atoms with van der Waals surface area (Å²) in [6, 6.07) is 0. The van der Waals surface area contributed by atoms with Crippen molar-refractivity contribution in [2.24, 2.45) is 10.8 Å². The predicted molar refractivity (Wildman–Crippen MR) is 35.8 cm³/mol. The molecule has 1 aliphatic heterocycles. The molecule has 0 bridgehead atoms. The lowest BCUT2D eigenvalue weighted by Crippen LogP contribution is -2.27. The van der Waals surface area contributed by atoms with Crippen LogP contribution in [0, 0.1) is 5.21 Å². The van der Waals surface area contributed by atoms with Crippen LogP contribution in [0.4, 0.5) is 0 Å². The second-order valence-corrected chi connectivity index (χ2v) is 1.79. The van der Waals surface area contributed by atoms with Gasteiger partial charge >= 0.3 is 0 Å². The van der Waals surface area contributed by atoms with E-state index in [1.807, 2.05) is 0 Å². The van der Waals surface area contributed by atoms with Crippen molar-refractivity contribution in [1.29, 1.82) is 0 Å². The fourth-order valence-corrected chi connectivity index (χ4v) is 0.580. The van der Waals surface area contributed by atoms with Gasteiger partial charge in [0.25, 0.3) is 5.91 Å². The van der Waals surface area contributed by atoms with Crippen molar-refractivity contribution in [2.45, 2.75) is 0 Å². The van der Waals surface area contributed by atoms with Crippen LogP contribution < -0.4 is 5.73 Å². The normalized spacial score (nSPS) is 16.9. The average Bonchev–Trinajstić information content (AvgIpc) is 1.88. The Morgan fingerprint density at radius 2 is 2.60 bits per heavy atom. The van der Waals surface area contributed by atoms with E-state index in [1.165, 1.54) is 12.2 Å². The van der Waals surface area contributed by atoms with Crippen molar-refractivity contribution in [1.82, 2.24) is 5.17 Å². The van der Waals surface area contributed by atoms with E-state index in [2.05, 4.69) is 5.10 Å². The molecule has 0 atom stereocenters. The Labute approximate surface area is 57.4 Å². The number of hydrazone groups is 1. The predicted octanol–water partition coefficient (Wildman–Crippen LogP) is -0.803. The molecule has 0 saturated carbocycles. The van der Waals surface area contributed by atoms with Gasteiger partial charge in [-0.25, -0.2) is 0 Å². The molecule has 0 aliphatic carbocycles. The number of nitrogens with two attached hydrogens (primary N) is 1. The number of hydroxylamine groups is 1. The third-order valence-corrected chi connectivity index (χ3v) is 1.01. The van der Waals surface area contributed by atoms with Crippen molar-refractivity contribution in [3.05, 3.63) is 17.4 Å². The zero-order valence-electron chi connectivity index (χ0n) is 5.15. The Hall–Kier alpha value is -1.36. The summed E-state index contributed by atoms with van der Waals surface area (Å²) in [4.78, 5) is 10.4. The lowest BCUT2D eigenvalue weighted by Gasteiger charge is -2.25. The van der Waals surface area contributed by atoms with Gasteiger partial charge in [-0.2, -0.15) is 5.10 Å². The van der Waals surface area contributed by atoms with E-state index in [9.17, 15) is 10.0 Å². The number of primary amides is 1. The molecule has 2 N–H and O–H groups in total. The largest absolute Gasteiger partial charge is 0.742 e. The van der Waals surface area contributed by atoms with E-state index in [0.717, 1.165) is 0 Å². The molecule has 1 heterocycles. The van der Waals surface area contributed by atoms with Crippen LogP contribution in [-0.4, -0.2) is 23.3 Å². The topological polar surface area (TPSA) is 81.8 Å². The quantitative estimate of drug-likeness (QED) is 0.517. The molecule has 1 amide bonds. The van der Waals surface area contributed by atoms with Crippen LogP contribution in [0.2, 0.25) is 0 Å². The third-order valence-electron chi connectivity index (χ3n) is 1.01. The minimum absolute atomic E-state index is 0.00116. The number of hydrogen-bond acceptors (Lipinski definition) is 4. The van der Waals surface area contributed by atoms with Gasteiger partial charge in [0.2, 0.25) is 0 Å².